The molecular weight excluding hydrogens is 545 g/mol. The largest absolute Gasteiger partial charge is 0.497 e. The molecule has 0 bridgehead atoms. The zero-order valence-electron chi connectivity index (χ0n) is 23.8. The fourth-order valence-electron chi connectivity index (χ4n) is 5.80. The number of guanidine groups is 1. The Labute approximate surface area is 253 Å². The van der Waals surface area contributed by atoms with Crippen molar-refractivity contribution in [3.63, 3.8) is 0 Å². The molecule has 6 aromatic rings. The van der Waals surface area contributed by atoms with Crippen LogP contribution >= 0.6 is 7.41 Å². The SMILES string of the molecule is COc1ccc(N(C2=Nc3ccccc3-c3ccccc3[N-]2)[P+](c2ccccc2)(c2ccccc2)c2ccccc2)cc1. The number of methoxy groups -OCH3 is 1. The Balaban J connectivity index is 1.61. The summed E-state index contributed by atoms with van der Waals surface area (Å²) < 4.78 is 7.98. The average molecular weight is 576 g/mol. The number of benzene rings is 6. The van der Waals surface area contributed by atoms with Gasteiger partial charge in [0.1, 0.15) is 21.7 Å². The minimum Gasteiger partial charge on any atom is -0.497 e. The lowest BCUT2D eigenvalue weighted by Gasteiger charge is -2.44. The predicted octanol–water partition coefficient (Wildman–Crippen LogP) is 8.78. The van der Waals surface area contributed by atoms with Crippen LogP contribution in [0.5, 0.6) is 5.75 Å². The summed E-state index contributed by atoms with van der Waals surface area (Å²) >= 11 is 0. The van der Waals surface area contributed by atoms with E-state index < -0.39 is 7.41 Å². The number of anilines is 1. The third-order valence-corrected chi connectivity index (χ3v) is 11.9. The molecule has 208 valence electrons. The minimum atomic E-state index is -2.65. The Morgan fingerprint density at radius 1 is 0.535 bits per heavy atom. The zero-order chi connectivity index (χ0) is 29.1. The molecule has 0 atom stereocenters. The van der Waals surface area contributed by atoms with Gasteiger partial charge in [-0.1, -0.05) is 103 Å². The van der Waals surface area contributed by atoms with Gasteiger partial charge in [0.25, 0.3) is 0 Å². The van der Waals surface area contributed by atoms with E-state index >= 15 is 0 Å². The summed E-state index contributed by atoms with van der Waals surface area (Å²) in [6.07, 6.45) is 0. The number of nitrogens with zero attached hydrogens (tertiary/aromatic N) is 3. The van der Waals surface area contributed by atoms with Gasteiger partial charge in [0.2, 0.25) is 0 Å². The van der Waals surface area contributed by atoms with Gasteiger partial charge >= 0.3 is 0 Å². The summed E-state index contributed by atoms with van der Waals surface area (Å²) in [6, 6.07) is 57.3. The van der Waals surface area contributed by atoms with Gasteiger partial charge in [0.15, 0.2) is 7.41 Å². The first-order valence-corrected chi connectivity index (χ1v) is 16.0. The summed E-state index contributed by atoms with van der Waals surface area (Å²) in [5.41, 5.74) is 4.88. The van der Waals surface area contributed by atoms with E-state index in [1.54, 1.807) is 7.11 Å². The summed E-state index contributed by atoms with van der Waals surface area (Å²) in [5, 5.41) is 8.99. The normalized spacial score (nSPS) is 12.2. The fraction of sp³-hybridized carbons (Fsp3) is 0.0263. The van der Waals surface area contributed by atoms with E-state index in [0.717, 1.165) is 33.9 Å². The predicted molar refractivity (Wildman–Crippen MR) is 183 cm³/mol. The summed E-state index contributed by atoms with van der Waals surface area (Å²) in [7, 11) is -0.957. The van der Waals surface area contributed by atoms with E-state index in [-0.39, 0.29) is 0 Å². The molecule has 0 unspecified atom stereocenters. The van der Waals surface area contributed by atoms with Crippen molar-refractivity contribution in [1.29, 1.82) is 0 Å². The van der Waals surface area contributed by atoms with Gasteiger partial charge < -0.3 is 15.0 Å². The van der Waals surface area contributed by atoms with E-state index in [2.05, 4.69) is 144 Å². The van der Waals surface area contributed by atoms with Crippen molar-refractivity contribution in [2.75, 3.05) is 11.8 Å². The Hall–Kier alpha value is -5.18. The van der Waals surface area contributed by atoms with Crippen LogP contribution < -0.4 is 25.3 Å². The topological polar surface area (TPSA) is 38.9 Å². The molecule has 0 amide bonds. The van der Waals surface area contributed by atoms with Crippen molar-refractivity contribution in [3.05, 3.63) is 169 Å². The lowest BCUT2D eigenvalue weighted by molar-refractivity contribution is 0.415. The molecule has 0 fully saturated rings. The molecule has 0 spiro atoms. The van der Waals surface area contributed by atoms with Gasteiger partial charge in [-0.25, -0.2) is 0 Å². The van der Waals surface area contributed by atoms with Crippen LogP contribution in [0.15, 0.2) is 169 Å². The van der Waals surface area contributed by atoms with Crippen LogP contribution in [0, 0.1) is 0 Å². The van der Waals surface area contributed by atoms with Gasteiger partial charge in [-0.3, -0.25) is 4.67 Å². The van der Waals surface area contributed by atoms with Crippen LogP contribution in [-0.4, -0.2) is 13.1 Å². The minimum absolute atomic E-state index is 0.632. The van der Waals surface area contributed by atoms with E-state index in [4.69, 9.17) is 15.0 Å². The first-order chi connectivity index (χ1) is 21.3. The second-order valence-electron chi connectivity index (χ2n) is 10.2. The Morgan fingerprint density at radius 3 is 1.58 bits per heavy atom. The van der Waals surface area contributed by atoms with Crippen molar-refractivity contribution < 1.29 is 4.74 Å². The number of hydrogen-bond donors (Lipinski definition) is 0. The number of rotatable bonds is 6. The lowest BCUT2D eigenvalue weighted by atomic mass is 10.0. The van der Waals surface area contributed by atoms with Crippen LogP contribution in [-0.2, 0) is 0 Å². The van der Waals surface area contributed by atoms with E-state index in [1.165, 1.54) is 15.9 Å². The molecule has 1 aliphatic heterocycles. The maximum absolute atomic E-state index is 5.58. The lowest BCUT2D eigenvalue weighted by Crippen LogP contribution is -2.46. The van der Waals surface area contributed by atoms with Crippen molar-refractivity contribution in [2.24, 2.45) is 4.99 Å². The molecule has 7 rings (SSSR count). The molecule has 0 aromatic heterocycles. The number of fused-ring (bicyclic) bond motifs is 3. The Morgan fingerprint density at radius 2 is 1.02 bits per heavy atom. The summed E-state index contributed by atoms with van der Waals surface area (Å²) in [4.78, 5) is 5.39. The van der Waals surface area contributed by atoms with Gasteiger partial charge in [0, 0.05) is 17.1 Å². The van der Waals surface area contributed by atoms with E-state index in [0.29, 0.717) is 5.96 Å². The second kappa shape index (κ2) is 11.6. The highest BCUT2D eigenvalue weighted by Gasteiger charge is 2.50. The summed E-state index contributed by atoms with van der Waals surface area (Å²) in [5.74, 6) is 1.43. The van der Waals surface area contributed by atoms with Crippen molar-refractivity contribution in [2.45, 2.75) is 0 Å². The second-order valence-corrected chi connectivity index (χ2v) is 13.4. The first kappa shape index (κ1) is 26.7. The number of aliphatic imine (C=N–C) groups is 1. The first-order valence-electron chi connectivity index (χ1n) is 14.3. The molecule has 0 saturated carbocycles. The number of ether oxygens (including phenoxy) is 1. The standard InChI is InChI=1S/C38H30N3OP/c1-42-30-27-25-29(26-28-30)41(38-39-36-23-13-11-21-34(36)35-22-12-14-24-37(35)40-38)43(31-15-5-2-6-16-31,32-17-7-3-8-18-32)33-19-9-4-10-20-33/h2-28H,1H3. The molecule has 0 aliphatic carbocycles. The molecule has 6 aromatic carbocycles. The summed E-state index contributed by atoms with van der Waals surface area (Å²) in [6.45, 7) is 0. The van der Waals surface area contributed by atoms with Crippen LogP contribution in [0.25, 0.3) is 16.4 Å². The van der Waals surface area contributed by atoms with Crippen molar-refractivity contribution in [1.82, 2.24) is 0 Å². The molecule has 1 aliphatic rings. The van der Waals surface area contributed by atoms with Gasteiger partial charge in [-0.05, 0) is 71.8 Å². The molecule has 1 heterocycles. The maximum Gasteiger partial charge on any atom is 0.166 e. The van der Waals surface area contributed by atoms with Gasteiger partial charge in [0.05, 0.1) is 13.1 Å². The molecule has 5 heteroatoms. The molecule has 0 radical (unpaired) electrons. The van der Waals surface area contributed by atoms with Gasteiger partial charge in [-0.15, -0.1) is 0 Å². The number of hydrogen-bond acceptors (Lipinski definition) is 3. The highest BCUT2D eigenvalue weighted by atomic mass is 31.2. The monoisotopic (exact) mass is 575 g/mol. The van der Waals surface area contributed by atoms with E-state index in [9.17, 15) is 0 Å². The van der Waals surface area contributed by atoms with E-state index in [1.807, 2.05) is 24.3 Å². The molecular formula is C38H30N3OP. The van der Waals surface area contributed by atoms with Gasteiger partial charge in [-0.2, -0.15) is 0 Å². The van der Waals surface area contributed by atoms with Crippen LogP contribution in [0.2, 0.25) is 0 Å². The number of para-hydroxylation sites is 2. The van der Waals surface area contributed by atoms with Crippen LogP contribution in [0.4, 0.5) is 17.1 Å². The zero-order valence-corrected chi connectivity index (χ0v) is 24.7. The van der Waals surface area contributed by atoms with Crippen molar-refractivity contribution >= 4 is 46.3 Å². The quantitative estimate of drug-likeness (QED) is 0.186. The molecule has 0 N–H and O–H groups in total. The average Bonchev–Trinajstić information content (AvgIpc) is 3.25. The van der Waals surface area contributed by atoms with Crippen molar-refractivity contribution in [3.8, 4) is 16.9 Å². The third-order valence-electron chi connectivity index (χ3n) is 7.74. The fourth-order valence-corrected chi connectivity index (χ4v) is 10.0. The highest BCUT2D eigenvalue weighted by Crippen LogP contribution is 2.62. The molecule has 43 heavy (non-hydrogen) atoms. The van der Waals surface area contributed by atoms with Crippen LogP contribution in [0.3, 0.4) is 0 Å². The highest BCUT2D eigenvalue weighted by molar-refractivity contribution is 7.97. The molecule has 0 saturated heterocycles. The Kier molecular flexibility index (Phi) is 7.20. The van der Waals surface area contributed by atoms with Crippen LogP contribution in [0.1, 0.15) is 0 Å². The maximum atomic E-state index is 5.58. The molecule has 4 nitrogen and oxygen atoms in total. The third kappa shape index (κ3) is 4.76. The smallest absolute Gasteiger partial charge is 0.166 e. The Bertz CT molecular complexity index is 1780.